The molecule has 26 heavy (non-hydrogen) atoms. The van der Waals surface area contributed by atoms with Crippen LogP contribution in [0.4, 0.5) is 5.69 Å². The van der Waals surface area contributed by atoms with Crippen molar-refractivity contribution in [2.24, 2.45) is 0 Å². The van der Waals surface area contributed by atoms with Crippen molar-refractivity contribution in [3.63, 3.8) is 0 Å². The van der Waals surface area contributed by atoms with Gasteiger partial charge in [0.25, 0.3) is 0 Å². The molecule has 0 spiro atoms. The van der Waals surface area contributed by atoms with Crippen LogP contribution in [-0.4, -0.2) is 15.9 Å². The number of hydrogen-bond acceptors (Lipinski definition) is 5. The molecule has 4 aromatic rings. The molecule has 0 fully saturated rings. The average Bonchev–Trinajstić information content (AvgIpc) is 3.20. The number of carbonyl (C=O) groups excluding carboxylic acids is 1. The zero-order chi connectivity index (χ0) is 18.1. The molecule has 0 saturated carbocycles. The van der Waals surface area contributed by atoms with Crippen molar-refractivity contribution in [2.45, 2.75) is 13.3 Å². The van der Waals surface area contributed by atoms with Crippen molar-refractivity contribution in [3.8, 4) is 10.6 Å². The van der Waals surface area contributed by atoms with Gasteiger partial charge >= 0.3 is 5.76 Å². The Bertz CT molecular complexity index is 1160. The molecule has 0 aliphatic carbocycles. The van der Waals surface area contributed by atoms with Gasteiger partial charge in [0.15, 0.2) is 5.58 Å². The van der Waals surface area contributed by atoms with Crippen LogP contribution in [0.25, 0.3) is 21.7 Å². The molecular weight excluding hydrogens is 350 g/mol. The number of oxazole rings is 1. The number of anilines is 1. The van der Waals surface area contributed by atoms with Crippen LogP contribution in [-0.2, 0) is 11.2 Å². The van der Waals surface area contributed by atoms with Crippen molar-refractivity contribution < 1.29 is 9.21 Å². The molecule has 2 aromatic carbocycles. The summed E-state index contributed by atoms with van der Waals surface area (Å²) in [7, 11) is 0. The summed E-state index contributed by atoms with van der Waals surface area (Å²) in [6, 6.07) is 13.1. The van der Waals surface area contributed by atoms with E-state index in [1.165, 1.54) is 16.9 Å². The minimum absolute atomic E-state index is 0.170. The number of nitrogens with zero attached hydrogens (tertiary/aromatic N) is 1. The third-order valence-corrected chi connectivity index (χ3v) is 4.80. The topological polar surface area (TPSA) is 88.0 Å². The lowest BCUT2D eigenvalue weighted by atomic mass is 10.1. The quantitative estimate of drug-likeness (QED) is 0.577. The zero-order valence-corrected chi connectivity index (χ0v) is 14.7. The summed E-state index contributed by atoms with van der Waals surface area (Å²) >= 11 is 1.52. The van der Waals surface area contributed by atoms with Gasteiger partial charge in [-0.05, 0) is 31.2 Å². The molecule has 130 valence electrons. The zero-order valence-electron chi connectivity index (χ0n) is 13.9. The summed E-state index contributed by atoms with van der Waals surface area (Å²) in [4.78, 5) is 30.6. The van der Waals surface area contributed by atoms with E-state index in [1.807, 2.05) is 30.5 Å². The summed E-state index contributed by atoms with van der Waals surface area (Å²) in [6.45, 7) is 2.04. The summed E-state index contributed by atoms with van der Waals surface area (Å²) in [5.74, 6) is -0.689. The van der Waals surface area contributed by atoms with Gasteiger partial charge in [0.2, 0.25) is 5.91 Å². The minimum atomic E-state index is -0.519. The Morgan fingerprint density at radius 1 is 1.27 bits per heavy atom. The van der Waals surface area contributed by atoms with Gasteiger partial charge in [-0.3, -0.25) is 9.78 Å². The third-order valence-electron chi connectivity index (χ3n) is 3.86. The molecule has 6 nitrogen and oxygen atoms in total. The lowest BCUT2D eigenvalue weighted by Crippen LogP contribution is -2.14. The second-order valence-corrected chi connectivity index (χ2v) is 6.82. The molecule has 0 saturated heterocycles. The fourth-order valence-electron chi connectivity index (χ4n) is 2.70. The van der Waals surface area contributed by atoms with E-state index < -0.39 is 5.76 Å². The first-order valence-electron chi connectivity index (χ1n) is 8.01. The largest absolute Gasteiger partial charge is 0.417 e. The molecule has 7 heteroatoms. The van der Waals surface area contributed by atoms with Gasteiger partial charge in [-0.15, -0.1) is 11.3 Å². The van der Waals surface area contributed by atoms with Gasteiger partial charge in [-0.2, -0.15) is 0 Å². The molecule has 4 rings (SSSR count). The number of benzene rings is 2. The number of carbonyl (C=O) groups is 1. The van der Waals surface area contributed by atoms with Crippen molar-refractivity contribution in [1.29, 1.82) is 0 Å². The van der Waals surface area contributed by atoms with E-state index in [4.69, 9.17) is 4.42 Å². The van der Waals surface area contributed by atoms with E-state index in [-0.39, 0.29) is 12.3 Å². The Labute approximate surface area is 152 Å². The van der Waals surface area contributed by atoms with Crippen LogP contribution in [0, 0.1) is 6.92 Å². The van der Waals surface area contributed by atoms with Gasteiger partial charge in [0.1, 0.15) is 5.01 Å². The monoisotopic (exact) mass is 365 g/mol. The van der Waals surface area contributed by atoms with Gasteiger partial charge in [-0.25, -0.2) is 9.78 Å². The fourth-order valence-corrected chi connectivity index (χ4v) is 3.52. The molecule has 2 N–H and O–H groups in total. The molecule has 0 aliphatic heterocycles. The summed E-state index contributed by atoms with van der Waals surface area (Å²) in [5, 5.41) is 5.61. The highest BCUT2D eigenvalue weighted by atomic mass is 32.1. The van der Waals surface area contributed by atoms with Crippen molar-refractivity contribution in [1.82, 2.24) is 9.97 Å². The number of thiazole rings is 1. The van der Waals surface area contributed by atoms with Crippen molar-refractivity contribution >= 4 is 34.0 Å². The first-order chi connectivity index (χ1) is 12.6. The van der Waals surface area contributed by atoms with E-state index in [9.17, 15) is 9.59 Å². The van der Waals surface area contributed by atoms with Crippen LogP contribution in [0.15, 0.2) is 57.1 Å². The summed E-state index contributed by atoms with van der Waals surface area (Å²) in [5.41, 5.74) is 4.54. The maximum atomic E-state index is 12.3. The Morgan fingerprint density at radius 3 is 3.00 bits per heavy atom. The number of hydrogen-bond donors (Lipinski definition) is 2. The standard InChI is InChI=1S/C19H15N3O3S/c1-11-3-2-4-12(7-11)18-21-14(10-26-18)9-17(23)20-13-5-6-16-15(8-13)22-19(24)25-16/h2-8,10H,9H2,1H3,(H,20,23)(H,22,24). The van der Waals surface area contributed by atoms with E-state index in [1.54, 1.807) is 18.2 Å². The molecule has 2 heterocycles. The molecule has 0 radical (unpaired) electrons. The average molecular weight is 365 g/mol. The van der Waals surface area contributed by atoms with Gasteiger partial charge in [0, 0.05) is 16.6 Å². The van der Waals surface area contributed by atoms with Gasteiger partial charge in [0.05, 0.1) is 17.6 Å². The van der Waals surface area contributed by atoms with E-state index in [2.05, 4.69) is 21.4 Å². The number of rotatable bonds is 4. The first kappa shape index (κ1) is 16.3. The van der Waals surface area contributed by atoms with Gasteiger partial charge < -0.3 is 9.73 Å². The molecule has 0 unspecified atom stereocenters. The maximum absolute atomic E-state index is 12.3. The molecule has 0 bridgehead atoms. The normalized spacial score (nSPS) is 11.0. The number of aromatic nitrogens is 2. The predicted octanol–water partition coefficient (Wildman–Crippen LogP) is 3.73. The number of aryl methyl sites for hydroxylation is 1. The summed E-state index contributed by atoms with van der Waals surface area (Å²) < 4.78 is 4.94. The van der Waals surface area contributed by atoms with Crippen LogP contribution in [0.2, 0.25) is 0 Å². The van der Waals surface area contributed by atoms with E-state index in [0.29, 0.717) is 16.8 Å². The highest BCUT2D eigenvalue weighted by Crippen LogP contribution is 2.25. The highest BCUT2D eigenvalue weighted by molar-refractivity contribution is 7.13. The second kappa shape index (κ2) is 6.61. The van der Waals surface area contributed by atoms with Crippen LogP contribution in [0.3, 0.4) is 0 Å². The predicted molar refractivity (Wildman–Crippen MR) is 101 cm³/mol. The van der Waals surface area contributed by atoms with Crippen molar-refractivity contribution in [3.05, 3.63) is 69.7 Å². The SMILES string of the molecule is Cc1cccc(-c2nc(CC(=O)Nc3ccc4oc(=O)[nH]c4c3)cs2)c1. The smallest absolute Gasteiger partial charge is 0.408 e. The third kappa shape index (κ3) is 3.43. The number of amides is 1. The molecule has 0 aliphatic rings. The minimum Gasteiger partial charge on any atom is -0.408 e. The summed E-state index contributed by atoms with van der Waals surface area (Å²) in [6.07, 6.45) is 0.183. The lowest BCUT2D eigenvalue weighted by molar-refractivity contribution is -0.115. The number of aromatic amines is 1. The van der Waals surface area contributed by atoms with Crippen LogP contribution < -0.4 is 11.1 Å². The molecule has 1 amide bonds. The fraction of sp³-hybridized carbons (Fsp3) is 0.105. The molecular formula is C19H15N3O3S. The van der Waals surface area contributed by atoms with Gasteiger partial charge in [-0.1, -0.05) is 23.8 Å². The van der Waals surface area contributed by atoms with Crippen LogP contribution in [0.1, 0.15) is 11.3 Å². The Balaban J connectivity index is 1.46. The van der Waals surface area contributed by atoms with Crippen LogP contribution >= 0.6 is 11.3 Å². The number of fused-ring (bicyclic) bond motifs is 1. The maximum Gasteiger partial charge on any atom is 0.417 e. The Kier molecular flexibility index (Phi) is 4.14. The van der Waals surface area contributed by atoms with Crippen LogP contribution in [0.5, 0.6) is 0 Å². The molecule has 2 aromatic heterocycles. The Morgan fingerprint density at radius 2 is 2.15 bits per heavy atom. The Hall–Kier alpha value is -3.19. The number of H-pyrrole nitrogens is 1. The lowest BCUT2D eigenvalue weighted by Gasteiger charge is -2.03. The van der Waals surface area contributed by atoms with E-state index >= 15 is 0 Å². The first-order valence-corrected chi connectivity index (χ1v) is 8.89. The van der Waals surface area contributed by atoms with E-state index in [0.717, 1.165) is 16.3 Å². The molecule has 0 atom stereocenters. The second-order valence-electron chi connectivity index (χ2n) is 5.96. The van der Waals surface area contributed by atoms with Crippen molar-refractivity contribution in [2.75, 3.05) is 5.32 Å². The number of nitrogens with one attached hydrogen (secondary N) is 2. The highest BCUT2D eigenvalue weighted by Gasteiger charge is 2.10.